The summed E-state index contributed by atoms with van der Waals surface area (Å²) in [5, 5.41) is 2.19. The van der Waals surface area contributed by atoms with Gasteiger partial charge in [0.05, 0.1) is 0 Å². The van der Waals surface area contributed by atoms with Crippen molar-refractivity contribution in [1.82, 2.24) is 28.7 Å². The van der Waals surface area contributed by atoms with Gasteiger partial charge in [-0.25, -0.2) is 4.98 Å². The Balaban J connectivity index is 0.00000280. The van der Waals surface area contributed by atoms with Gasteiger partial charge in [0.2, 0.25) is 0 Å². The maximum atomic E-state index is 6.32. The first-order valence-corrected chi connectivity index (χ1v) is 11.3. The van der Waals surface area contributed by atoms with Gasteiger partial charge in [0.15, 0.2) is 5.88 Å². The van der Waals surface area contributed by atoms with Gasteiger partial charge >= 0.3 is 0 Å². The van der Waals surface area contributed by atoms with Gasteiger partial charge in [-0.1, -0.05) is 29.8 Å². The summed E-state index contributed by atoms with van der Waals surface area (Å²) >= 11 is 0. The van der Waals surface area contributed by atoms with Crippen LogP contribution in [0.3, 0.4) is 0 Å². The van der Waals surface area contributed by atoms with Crippen molar-refractivity contribution in [3.63, 3.8) is 0 Å². The third kappa shape index (κ3) is 4.76. The molecule has 8 nitrogen and oxygen atoms in total. The average molecular weight is 667 g/mol. The maximum absolute atomic E-state index is 6.32. The molecule has 2 aromatic carbocycles. The fourth-order valence-electron chi connectivity index (χ4n) is 4.03. The third-order valence-corrected chi connectivity index (χ3v) is 5.73. The average Bonchev–Trinajstić information content (AvgIpc) is 3.22. The van der Waals surface area contributed by atoms with E-state index >= 15 is 0 Å². The van der Waals surface area contributed by atoms with Crippen LogP contribution in [0.25, 0.3) is 33.4 Å². The number of nitrogens with zero attached hydrogens (tertiary/aromatic N) is 7. The number of hydrogen-bond donors (Lipinski definition) is 0. The number of benzene rings is 2. The Kier molecular flexibility index (Phi) is 6.84. The largest absolute Gasteiger partial charge is 0.477 e. The number of aryl methyl sites for hydroxylation is 2. The summed E-state index contributed by atoms with van der Waals surface area (Å²) in [6, 6.07) is 21.5. The second-order valence-corrected chi connectivity index (χ2v) is 8.16. The molecule has 0 aliphatic carbocycles. The summed E-state index contributed by atoms with van der Waals surface area (Å²) in [5.41, 5.74) is 1.93. The number of para-hydroxylation sites is 1. The molecule has 0 saturated heterocycles. The SMILES string of the molecule is Cn1ccncn(-c2[c-][n+](C)ccn2)[c-]c1Oc1[c-]c2c(cc1)c1ccccc1n2-c1ccccn1.[Pt]. The molecule has 0 amide bonds. The van der Waals surface area contributed by atoms with E-state index < -0.39 is 0 Å². The van der Waals surface area contributed by atoms with Crippen molar-refractivity contribution in [1.29, 1.82) is 0 Å². The van der Waals surface area contributed by atoms with Crippen LogP contribution in [0.1, 0.15) is 0 Å². The second-order valence-electron chi connectivity index (χ2n) is 8.16. The fraction of sp³-hybridized carbons (Fsp3) is 0.0714. The van der Waals surface area contributed by atoms with Gasteiger partial charge in [-0.05, 0) is 48.1 Å². The summed E-state index contributed by atoms with van der Waals surface area (Å²) in [6.07, 6.45) is 16.7. The molecule has 6 aromatic rings. The summed E-state index contributed by atoms with van der Waals surface area (Å²) in [4.78, 5) is 13.2. The molecule has 4 heterocycles. The Morgan fingerprint density at radius 3 is 2.62 bits per heavy atom. The summed E-state index contributed by atoms with van der Waals surface area (Å²) in [6.45, 7) is 0. The molecule has 0 aliphatic heterocycles. The van der Waals surface area contributed by atoms with Crippen molar-refractivity contribution < 1.29 is 30.4 Å². The Bertz CT molecular complexity index is 1750. The van der Waals surface area contributed by atoms with Crippen LogP contribution in [0.15, 0.2) is 91.9 Å². The van der Waals surface area contributed by atoms with E-state index in [9.17, 15) is 0 Å². The first-order chi connectivity index (χ1) is 17.7. The van der Waals surface area contributed by atoms with E-state index in [0.29, 0.717) is 17.4 Å². The predicted molar refractivity (Wildman–Crippen MR) is 134 cm³/mol. The number of ether oxygens (including phenoxy) is 1. The zero-order valence-electron chi connectivity index (χ0n) is 20.0. The molecule has 0 bridgehead atoms. The topological polar surface area (TPSA) is 66.6 Å². The molecule has 6 rings (SSSR count). The van der Waals surface area contributed by atoms with Crippen LogP contribution in [-0.2, 0) is 35.2 Å². The van der Waals surface area contributed by atoms with Gasteiger partial charge in [0, 0.05) is 70.4 Å². The van der Waals surface area contributed by atoms with E-state index in [4.69, 9.17) is 4.74 Å². The molecule has 0 spiro atoms. The Labute approximate surface area is 228 Å². The van der Waals surface area contributed by atoms with Crippen LogP contribution in [0.4, 0.5) is 0 Å². The number of aromatic nitrogens is 7. The van der Waals surface area contributed by atoms with E-state index in [1.165, 1.54) is 0 Å². The van der Waals surface area contributed by atoms with Gasteiger partial charge in [-0.15, -0.1) is 17.5 Å². The quantitative estimate of drug-likeness (QED) is 0.209. The minimum absolute atomic E-state index is 0. The summed E-state index contributed by atoms with van der Waals surface area (Å²) in [5.74, 6) is 2.33. The summed E-state index contributed by atoms with van der Waals surface area (Å²) < 4.78 is 13.6. The van der Waals surface area contributed by atoms with Crippen LogP contribution in [0.5, 0.6) is 11.6 Å². The van der Waals surface area contributed by atoms with Gasteiger partial charge in [0.25, 0.3) is 0 Å². The number of fused-ring (bicyclic) bond motifs is 3. The van der Waals surface area contributed by atoms with Crippen molar-refractivity contribution in [2.75, 3.05) is 0 Å². The molecule has 0 saturated carbocycles. The van der Waals surface area contributed by atoms with Gasteiger partial charge < -0.3 is 33.0 Å². The van der Waals surface area contributed by atoms with Crippen molar-refractivity contribution in [3.8, 4) is 23.3 Å². The van der Waals surface area contributed by atoms with E-state index in [-0.39, 0.29) is 21.1 Å². The molecule has 186 valence electrons. The fourth-order valence-corrected chi connectivity index (χ4v) is 4.03. The number of rotatable bonds is 4. The smallest absolute Gasteiger partial charge is 0.152 e. The molecule has 4 aromatic heterocycles. The molecular weight excluding hydrogens is 645 g/mol. The molecule has 0 radical (unpaired) electrons. The normalized spacial score (nSPS) is 10.8. The molecule has 9 heteroatoms. The predicted octanol–water partition coefficient (Wildman–Crippen LogP) is 4.24. The third-order valence-electron chi connectivity index (χ3n) is 5.73. The molecule has 0 N–H and O–H groups in total. The number of pyridine rings is 1. The van der Waals surface area contributed by atoms with E-state index in [1.54, 1.807) is 44.8 Å². The monoisotopic (exact) mass is 666 g/mol. The van der Waals surface area contributed by atoms with Gasteiger partial charge in [-0.3, -0.25) is 0 Å². The molecule has 0 atom stereocenters. The van der Waals surface area contributed by atoms with E-state index in [1.807, 2.05) is 62.8 Å². The standard InChI is InChI=1S/C28H21N7O.Pt/c1-32-15-14-31-27(18-32)34-19-28(33(2)16-13-29-20-34)36-21-10-11-23-22-7-3-4-8-24(22)35(25(23)17-21)26-9-5-6-12-30-26;/h3-16,20H,1-2H3;/q-2;. The zero-order valence-corrected chi connectivity index (χ0v) is 22.3. The van der Waals surface area contributed by atoms with Crippen LogP contribution in [0, 0.1) is 18.5 Å². The van der Waals surface area contributed by atoms with Gasteiger partial charge in [-0.2, -0.15) is 6.07 Å². The minimum atomic E-state index is 0. The summed E-state index contributed by atoms with van der Waals surface area (Å²) in [7, 11) is 3.74. The Morgan fingerprint density at radius 1 is 0.919 bits per heavy atom. The van der Waals surface area contributed by atoms with Crippen LogP contribution >= 0.6 is 0 Å². The van der Waals surface area contributed by atoms with Crippen LogP contribution in [-0.4, -0.2) is 28.7 Å². The van der Waals surface area contributed by atoms with Crippen molar-refractivity contribution >= 4 is 21.8 Å². The first kappa shape index (κ1) is 24.4. The van der Waals surface area contributed by atoms with Crippen molar-refractivity contribution in [2.45, 2.75) is 0 Å². The van der Waals surface area contributed by atoms with Crippen molar-refractivity contribution in [3.05, 3.63) is 110 Å². The molecule has 0 unspecified atom stereocenters. The Morgan fingerprint density at radius 2 is 1.78 bits per heavy atom. The van der Waals surface area contributed by atoms with E-state index in [0.717, 1.165) is 27.6 Å². The van der Waals surface area contributed by atoms with Crippen LogP contribution < -0.4 is 9.30 Å². The Hall–Kier alpha value is -4.29. The van der Waals surface area contributed by atoms with Crippen LogP contribution in [0.2, 0.25) is 0 Å². The molecule has 0 aliphatic rings. The van der Waals surface area contributed by atoms with E-state index in [2.05, 4.69) is 50.1 Å². The van der Waals surface area contributed by atoms with Crippen molar-refractivity contribution in [2.24, 2.45) is 14.1 Å². The zero-order chi connectivity index (χ0) is 24.5. The maximum Gasteiger partial charge on any atom is 0.152 e. The molecule has 37 heavy (non-hydrogen) atoms. The molecular formula is C28H21N7OPt-2. The number of hydrogen-bond acceptors (Lipinski definition) is 4. The first-order valence-electron chi connectivity index (χ1n) is 11.3. The second kappa shape index (κ2) is 10.4. The van der Waals surface area contributed by atoms with Gasteiger partial charge in [0.1, 0.15) is 12.9 Å². The molecule has 0 fully saturated rings. The minimum Gasteiger partial charge on any atom is -0.477 e.